The SMILES string of the molecule is CCOC(=O)[C@@H]1O[C@@H](c2ccc(C(F)(F)F)cc2)O[C@@H]1c1ccc(C(F)(F)F)cc1. The first-order valence-corrected chi connectivity index (χ1v) is 8.82. The van der Waals surface area contributed by atoms with Gasteiger partial charge in [-0.3, -0.25) is 0 Å². The molecule has 0 unspecified atom stereocenters. The van der Waals surface area contributed by atoms with E-state index in [9.17, 15) is 31.1 Å². The highest BCUT2D eigenvalue weighted by Gasteiger charge is 2.44. The number of hydrogen-bond donors (Lipinski definition) is 0. The average molecular weight is 434 g/mol. The zero-order chi connectivity index (χ0) is 22.1. The Morgan fingerprint density at radius 2 is 1.30 bits per heavy atom. The second kappa shape index (κ2) is 8.27. The Bertz CT molecular complexity index is 874. The van der Waals surface area contributed by atoms with Gasteiger partial charge in [-0.1, -0.05) is 24.3 Å². The van der Waals surface area contributed by atoms with Crippen molar-refractivity contribution in [1.82, 2.24) is 0 Å². The molecule has 3 atom stereocenters. The lowest BCUT2D eigenvalue weighted by Crippen LogP contribution is -2.28. The van der Waals surface area contributed by atoms with E-state index in [-0.39, 0.29) is 17.7 Å². The summed E-state index contributed by atoms with van der Waals surface area (Å²) >= 11 is 0. The molecule has 2 aromatic rings. The summed E-state index contributed by atoms with van der Waals surface area (Å²) in [6, 6.07) is 7.95. The van der Waals surface area contributed by atoms with Gasteiger partial charge in [-0.25, -0.2) is 4.79 Å². The smallest absolute Gasteiger partial charge is 0.416 e. The molecule has 10 heteroatoms. The molecule has 4 nitrogen and oxygen atoms in total. The largest absolute Gasteiger partial charge is 0.464 e. The number of hydrogen-bond acceptors (Lipinski definition) is 4. The Morgan fingerprint density at radius 1 is 0.833 bits per heavy atom. The molecule has 0 radical (unpaired) electrons. The monoisotopic (exact) mass is 434 g/mol. The maximum Gasteiger partial charge on any atom is 0.416 e. The fraction of sp³-hybridized carbons (Fsp3) is 0.350. The molecule has 1 aliphatic rings. The molecule has 0 bridgehead atoms. The van der Waals surface area contributed by atoms with Crippen LogP contribution in [0.2, 0.25) is 0 Å². The van der Waals surface area contributed by atoms with Crippen LogP contribution in [0.3, 0.4) is 0 Å². The number of esters is 1. The molecule has 1 saturated heterocycles. The predicted octanol–water partition coefficient (Wildman–Crippen LogP) is 5.44. The van der Waals surface area contributed by atoms with Crippen LogP contribution in [0.25, 0.3) is 0 Å². The fourth-order valence-corrected chi connectivity index (χ4v) is 2.95. The van der Waals surface area contributed by atoms with E-state index in [0.717, 1.165) is 48.5 Å². The molecule has 0 aliphatic carbocycles. The number of rotatable bonds is 4. The molecule has 0 spiro atoms. The third-order valence-electron chi connectivity index (χ3n) is 4.41. The number of ether oxygens (including phenoxy) is 3. The van der Waals surface area contributed by atoms with Gasteiger partial charge in [0.1, 0.15) is 6.10 Å². The minimum Gasteiger partial charge on any atom is -0.464 e. The van der Waals surface area contributed by atoms with Gasteiger partial charge < -0.3 is 14.2 Å². The van der Waals surface area contributed by atoms with E-state index in [1.807, 2.05) is 0 Å². The lowest BCUT2D eigenvalue weighted by Gasteiger charge is -2.16. The Morgan fingerprint density at radius 3 is 1.73 bits per heavy atom. The van der Waals surface area contributed by atoms with E-state index in [2.05, 4.69) is 0 Å². The molecule has 1 fully saturated rings. The average Bonchev–Trinajstić information content (AvgIpc) is 3.13. The highest BCUT2D eigenvalue weighted by atomic mass is 19.4. The van der Waals surface area contributed by atoms with Crippen molar-refractivity contribution in [3.63, 3.8) is 0 Å². The van der Waals surface area contributed by atoms with Crippen molar-refractivity contribution >= 4 is 5.97 Å². The Hall–Kier alpha value is -2.59. The van der Waals surface area contributed by atoms with Crippen molar-refractivity contribution in [2.75, 3.05) is 6.61 Å². The van der Waals surface area contributed by atoms with Gasteiger partial charge in [0.2, 0.25) is 0 Å². The Balaban J connectivity index is 1.87. The summed E-state index contributed by atoms with van der Waals surface area (Å²) in [5.74, 6) is -0.795. The Labute approximate surface area is 167 Å². The molecule has 3 rings (SSSR count). The maximum atomic E-state index is 12.8. The van der Waals surface area contributed by atoms with E-state index >= 15 is 0 Å². The van der Waals surface area contributed by atoms with Crippen molar-refractivity contribution in [2.24, 2.45) is 0 Å². The predicted molar refractivity (Wildman–Crippen MR) is 91.0 cm³/mol. The first kappa shape index (κ1) is 22.1. The van der Waals surface area contributed by atoms with Crippen molar-refractivity contribution in [3.05, 3.63) is 70.8 Å². The van der Waals surface area contributed by atoms with Crippen molar-refractivity contribution in [3.8, 4) is 0 Å². The molecule has 30 heavy (non-hydrogen) atoms. The van der Waals surface area contributed by atoms with Gasteiger partial charge >= 0.3 is 18.3 Å². The van der Waals surface area contributed by atoms with Crippen molar-refractivity contribution in [1.29, 1.82) is 0 Å². The molecule has 0 amide bonds. The molecule has 162 valence electrons. The van der Waals surface area contributed by atoms with Crippen LogP contribution >= 0.6 is 0 Å². The van der Waals surface area contributed by atoms with Gasteiger partial charge in [0.05, 0.1) is 17.7 Å². The summed E-state index contributed by atoms with van der Waals surface area (Å²) in [5.41, 5.74) is -1.30. The van der Waals surface area contributed by atoms with Crippen LogP contribution in [-0.4, -0.2) is 18.7 Å². The van der Waals surface area contributed by atoms with Crippen LogP contribution in [0.5, 0.6) is 0 Å². The van der Waals surface area contributed by atoms with Crippen LogP contribution in [0.1, 0.15) is 41.6 Å². The van der Waals surface area contributed by atoms with Gasteiger partial charge in [-0.15, -0.1) is 0 Å². The number of carbonyl (C=O) groups is 1. The van der Waals surface area contributed by atoms with Crippen molar-refractivity contribution in [2.45, 2.75) is 37.8 Å². The molecule has 0 N–H and O–H groups in total. The van der Waals surface area contributed by atoms with Crippen LogP contribution < -0.4 is 0 Å². The topological polar surface area (TPSA) is 44.8 Å². The van der Waals surface area contributed by atoms with Crippen LogP contribution in [-0.2, 0) is 31.4 Å². The maximum absolute atomic E-state index is 12.8. The third kappa shape index (κ3) is 4.76. The van der Waals surface area contributed by atoms with Gasteiger partial charge in [-0.2, -0.15) is 26.3 Å². The summed E-state index contributed by atoms with van der Waals surface area (Å²) < 4.78 is 92.8. The molecular formula is C20H16F6O4. The van der Waals surface area contributed by atoms with E-state index in [1.54, 1.807) is 6.92 Å². The molecule has 1 heterocycles. The number of halogens is 6. The quantitative estimate of drug-likeness (QED) is 0.475. The highest BCUT2D eigenvalue weighted by molar-refractivity contribution is 5.76. The standard InChI is InChI=1S/C20H16F6O4/c1-2-28-17(27)16-15(11-3-7-13(8-4-11)19(21,22)23)29-18(30-16)12-5-9-14(10-6-12)20(24,25)26/h3-10,15-16,18H,2H2,1H3/t15-,16-,18+/m1/s1. The second-order valence-electron chi connectivity index (χ2n) is 6.44. The van der Waals surface area contributed by atoms with E-state index < -0.39 is 47.9 Å². The summed E-state index contributed by atoms with van der Waals surface area (Å²) in [5, 5.41) is 0. The normalized spacial score (nSPS) is 22.2. The summed E-state index contributed by atoms with van der Waals surface area (Å²) in [7, 11) is 0. The van der Waals surface area contributed by atoms with Crippen LogP contribution in [0.4, 0.5) is 26.3 Å². The lowest BCUT2D eigenvalue weighted by molar-refractivity contribution is -0.157. The fourth-order valence-electron chi connectivity index (χ4n) is 2.95. The summed E-state index contributed by atoms with van der Waals surface area (Å²) in [6.45, 7) is 1.59. The number of carbonyl (C=O) groups excluding carboxylic acids is 1. The lowest BCUT2D eigenvalue weighted by atomic mass is 10.0. The molecule has 0 saturated carbocycles. The van der Waals surface area contributed by atoms with Crippen LogP contribution in [0, 0.1) is 0 Å². The van der Waals surface area contributed by atoms with Gasteiger partial charge in [0.15, 0.2) is 12.4 Å². The van der Waals surface area contributed by atoms with E-state index in [1.165, 1.54) is 0 Å². The van der Waals surface area contributed by atoms with Gasteiger partial charge in [0.25, 0.3) is 0 Å². The summed E-state index contributed by atoms with van der Waals surface area (Å²) in [4.78, 5) is 12.3. The first-order chi connectivity index (χ1) is 14.0. The Kier molecular flexibility index (Phi) is 6.09. The number of benzene rings is 2. The van der Waals surface area contributed by atoms with Gasteiger partial charge in [0, 0.05) is 5.56 Å². The molecule has 1 aliphatic heterocycles. The van der Waals surface area contributed by atoms with Gasteiger partial charge in [-0.05, 0) is 36.8 Å². The second-order valence-corrected chi connectivity index (χ2v) is 6.44. The first-order valence-electron chi connectivity index (χ1n) is 8.82. The third-order valence-corrected chi connectivity index (χ3v) is 4.41. The minimum absolute atomic E-state index is 0.0311. The van der Waals surface area contributed by atoms with E-state index in [4.69, 9.17) is 14.2 Å². The van der Waals surface area contributed by atoms with Crippen LogP contribution in [0.15, 0.2) is 48.5 Å². The molecular weight excluding hydrogens is 418 g/mol. The highest BCUT2D eigenvalue weighted by Crippen LogP contribution is 2.42. The molecule has 0 aromatic heterocycles. The summed E-state index contributed by atoms with van der Waals surface area (Å²) in [6.07, 6.45) is -12.7. The van der Waals surface area contributed by atoms with Crippen molar-refractivity contribution < 1.29 is 45.3 Å². The molecule has 2 aromatic carbocycles. The number of alkyl halides is 6. The zero-order valence-electron chi connectivity index (χ0n) is 15.5. The van der Waals surface area contributed by atoms with E-state index in [0.29, 0.717) is 0 Å². The minimum atomic E-state index is -4.53. The zero-order valence-corrected chi connectivity index (χ0v) is 15.5.